The van der Waals surface area contributed by atoms with Gasteiger partial charge in [0.1, 0.15) is 5.82 Å². The van der Waals surface area contributed by atoms with E-state index in [9.17, 15) is 4.39 Å². The molecular formula is C18H21ClFN. The molecule has 3 heteroatoms. The highest BCUT2D eigenvalue weighted by molar-refractivity contribution is 6.30. The van der Waals surface area contributed by atoms with Crippen LogP contribution in [0.25, 0.3) is 0 Å². The number of hydrogen-bond acceptors (Lipinski definition) is 1. The first-order valence-electron chi connectivity index (χ1n) is 7.34. The molecule has 112 valence electrons. The molecule has 0 spiro atoms. The topological polar surface area (TPSA) is 12.0 Å². The van der Waals surface area contributed by atoms with Crippen molar-refractivity contribution in [1.29, 1.82) is 0 Å². The SMILES string of the molecule is CCCNC(Cc1cccc(Cl)c1F)c1ccc(C)cc1. The Morgan fingerprint density at radius 1 is 1.14 bits per heavy atom. The van der Waals surface area contributed by atoms with Gasteiger partial charge in [0.05, 0.1) is 5.02 Å². The minimum absolute atomic E-state index is 0.0958. The average molecular weight is 306 g/mol. The van der Waals surface area contributed by atoms with Crippen molar-refractivity contribution in [2.45, 2.75) is 32.7 Å². The van der Waals surface area contributed by atoms with Crippen LogP contribution in [0.2, 0.25) is 5.02 Å². The van der Waals surface area contributed by atoms with Crippen LogP contribution in [0, 0.1) is 12.7 Å². The van der Waals surface area contributed by atoms with Gasteiger partial charge < -0.3 is 5.32 Å². The van der Waals surface area contributed by atoms with Gasteiger partial charge in [0.2, 0.25) is 0 Å². The van der Waals surface area contributed by atoms with Crippen LogP contribution >= 0.6 is 11.6 Å². The standard InChI is InChI=1S/C18H21ClFN/c1-3-11-21-17(14-9-7-13(2)8-10-14)12-15-5-4-6-16(19)18(15)20/h4-10,17,21H,3,11-12H2,1-2H3. The highest BCUT2D eigenvalue weighted by Gasteiger charge is 2.15. The summed E-state index contributed by atoms with van der Waals surface area (Å²) in [6.07, 6.45) is 1.63. The molecule has 1 N–H and O–H groups in total. The van der Waals surface area contributed by atoms with E-state index in [-0.39, 0.29) is 16.9 Å². The fourth-order valence-electron chi connectivity index (χ4n) is 2.35. The van der Waals surface area contributed by atoms with E-state index in [2.05, 4.69) is 43.4 Å². The molecule has 1 unspecified atom stereocenters. The van der Waals surface area contributed by atoms with Crippen LogP contribution in [0.15, 0.2) is 42.5 Å². The highest BCUT2D eigenvalue weighted by atomic mass is 35.5. The normalized spacial score (nSPS) is 12.4. The van der Waals surface area contributed by atoms with Crippen molar-refractivity contribution in [3.05, 3.63) is 70.0 Å². The quantitative estimate of drug-likeness (QED) is 0.785. The molecule has 0 saturated heterocycles. The Morgan fingerprint density at radius 2 is 1.86 bits per heavy atom. The van der Waals surface area contributed by atoms with Crippen molar-refractivity contribution in [3.63, 3.8) is 0 Å². The van der Waals surface area contributed by atoms with Gasteiger partial charge in [-0.05, 0) is 43.5 Å². The van der Waals surface area contributed by atoms with E-state index in [1.165, 1.54) is 11.1 Å². The molecular weight excluding hydrogens is 285 g/mol. The van der Waals surface area contributed by atoms with Crippen LogP contribution in [0.3, 0.4) is 0 Å². The van der Waals surface area contributed by atoms with E-state index in [0.717, 1.165) is 13.0 Å². The van der Waals surface area contributed by atoms with Crippen LogP contribution in [0.1, 0.15) is 36.1 Å². The van der Waals surface area contributed by atoms with Crippen molar-refractivity contribution in [2.75, 3.05) is 6.54 Å². The second-order valence-corrected chi connectivity index (χ2v) is 5.74. The molecule has 0 aromatic heterocycles. The summed E-state index contributed by atoms with van der Waals surface area (Å²) in [5.74, 6) is -0.311. The molecule has 0 heterocycles. The van der Waals surface area contributed by atoms with Gasteiger partial charge in [-0.15, -0.1) is 0 Å². The lowest BCUT2D eigenvalue weighted by atomic mass is 9.97. The molecule has 0 aliphatic rings. The number of rotatable bonds is 6. The maximum atomic E-state index is 14.1. The maximum Gasteiger partial charge on any atom is 0.145 e. The first-order chi connectivity index (χ1) is 10.1. The summed E-state index contributed by atoms with van der Waals surface area (Å²) in [5, 5.41) is 3.68. The summed E-state index contributed by atoms with van der Waals surface area (Å²) in [5.41, 5.74) is 3.05. The lowest BCUT2D eigenvalue weighted by molar-refractivity contribution is 0.513. The van der Waals surface area contributed by atoms with E-state index in [1.807, 2.05) is 0 Å². The van der Waals surface area contributed by atoms with Gasteiger partial charge in [-0.25, -0.2) is 4.39 Å². The molecule has 2 aromatic rings. The fraction of sp³-hybridized carbons (Fsp3) is 0.333. The Kier molecular flexibility index (Phi) is 5.77. The van der Waals surface area contributed by atoms with Gasteiger partial charge in [-0.2, -0.15) is 0 Å². The van der Waals surface area contributed by atoms with E-state index in [0.29, 0.717) is 12.0 Å². The van der Waals surface area contributed by atoms with Crippen LogP contribution in [-0.2, 0) is 6.42 Å². The molecule has 1 nitrogen and oxygen atoms in total. The van der Waals surface area contributed by atoms with E-state index in [1.54, 1.807) is 18.2 Å². The first kappa shape index (κ1) is 16.0. The van der Waals surface area contributed by atoms with Crippen molar-refractivity contribution in [3.8, 4) is 0 Å². The predicted octanol–water partition coefficient (Wildman–Crippen LogP) is 5.07. The van der Waals surface area contributed by atoms with Crippen LogP contribution in [-0.4, -0.2) is 6.54 Å². The van der Waals surface area contributed by atoms with Crippen LogP contribution in [0.4, 0.5) is 4.39 Å². The number of halogens is 2. The van der Waals surface area contributed by atoms with Gasteiger partial charge in [0.15, 0.2) is 0 Å². The van der Waals surface area contributed by atoms with Gasteiger partial charge in [-0.3, -0.25) is 0 Å². The Morgan fingerprint density at radius 3 is 2.52 bits per heavy atom. The maximum absolute atomic E-state index is 14.1. The Hall–Kier alpha value is -1.38. The number of benzene rings is 2. The minimum Gasteiger partial charge on any atom is -0.310 e. The van der Waals surface area contributed by atoms with Gasteiger partial charge >= 0.3 is 0 Å². The van der Waals surface area contributed by atoms with Crippen molar-refractivity contribution in [1.82, 2.24) is 5.32 Å². The molecule has 0 amide bonds. The van der Waals surface area contributed by atoms with Gasteiger partial charge in [0, 0.05) is 6.04 Å². The van der Waals surface area contributed by atoms with E-state index in [4.69, 9.17) is 11.6 Å². The van der Waals surface area contributed by atoms with Crippen molar-refractivity contribution >= 4 is 11.6 Å². The summed E-state index contributed by atoms with van der Waals surface area (Å²) < 4.78 is 14.1. The van der Waals surface area contributed by atoms with Gasteiger partial charge in [0.25, 0.3) is 0 Å². The summed E-state index contributed by atoms with van der Waals surface area (Å²) in [4.78, 5) is 0. The third kappa shape index (κ3) is 4.29. The zero-order chi connectivity index (χ0) is 15.2. The summed E-state index contributed by atoms with van der Waals surface area (Å²) >= 11 is 5.87. The zero-order valence-electron chi connectivity index (χ0n) is 12.5. The fourth-order valence-corrected chi connectivity index (χ4v) is 2.55. The lowest BCUT2D eigenvalue weighted by Crippen LogP contribution is -2.24. The molecule has 0 bridgehead atoms. The number of nitrogens with one attached hydrogen (secondary N) is 1. The van der Waals surface area contributed by atoms with Crippen molar-refractivity contribution in [2.24, 2.45) is 0 Å². The molecule has 2 rings (SSSR count). The Bertz CT molecular complexity index is 580. The molecule has 0 aliphatic heterocycles. The van der Waals surface area contributed by atoms with Crippen molar-refractivity contribution < 1.29 is 4.39 Å². The Labute approximate surface area is 131 Å². The van der Waals surface area contributed by atoms with Crippen LogP contribution < -0.4 is 5.32 Å². The van der Waals surface area contributed by atoms with Crippen LogP contribution in [0.5, 0.6) is 0 Å². The lowest BCUT2D eigenvalue weighted by Gasteiger charge is -2.20. The van der Waals surface area contributed by atoms with E-state index >= 15 is 0 Å². The third-order valence-electron chi connectivity index (χ3n) is 3.58. The Balaban J connectivity index is 2.23. The summed E-state index contributed by atoms with van der Waals surface area (Å²) in [6.45, 7) is 5.09. The predicted molar refractivity (Wildman–Crippen MR) is 87.3 cm³/mol. The molecule has 0 radical (unpaired) electrons. The molecule has 0 saturated carbocycles. The molecule has 2 aromatic carbocycles. The van der Waals surface area contributed by atoms with E-state index < -0.39 is 0 Å². The third-order valence-corrected chi connectivity index (χ3v) is 3.87. The molecule has 1 atom stereocenters. The number of aryl methyl sites for hydroxylation is 1. The summed E-state index contributed by atoms with van der Waals surface area (Å²) in [6, 6.07) is 13.7. The average Bonchev–Trinajstić information content (AvgIpc) is 2.49. The largest absolute Gasteiger partial charge is 0.310 e. The molecule has 0 fully saturated rings. The monoisotopic (exact) mass is 305 g/mol. The highest BCUT2D eigenvalue weighted by Crippen LogP contribution is 2.24. The second kappa shape index (κ2) is 7.58. The molecule has 0 aliphatic carbocycles. The smallest absolute Gasteiger partial charge is 0.145 e. The molecule has 21 heavy (non-hydrogen) atoms. The zero-order valence-corrected chi connectivity index (χ0v) is 13.3. The minimum atomic E-state index is -0.311. The van der Waals surface area contributed by atoms with Gasteiger partial charge in [-0.1, -0.05) is 60.5 Å². The first-order valence-corrected chi connectivity index (χ1v) is 7.72. The summed E-state index contributed by atoms with van der Waals surface area (Å²) in [7, 11) is 0. The second-order valence-electron chi connectivity index (χ2n) is 5.33. The number of hydrogen-bond donors (Lipinski definition) is 1.